The van der Waals surface area contributed by atoms with E-state index in [1.54, 1.807) is 37.2 Å². The molecule has 0 spiro atoms. The van der Waals surface area contributed by atoms with Crippen molar-refractivity contribution in [3.05, 3.63) is 18.2 Å². The highest BCUT2D eigenvalue weighted by molar-refractivity contribution is 5.90. The summed E-state index contributed by atoms with van der Waals surface area (Å²) in [5, 5.41) is 0. The first-order chi connectivity index (χ1) is 8.41. The molecular formula is C12H22ClN5O. The van der Waals surface area contributed by atoms with Gasteiger partial charge in [0.1, 0.15) is 11.6 Å². The number of anilines is 2. The Bertz CT molecular complexity index is 411. The number of amides is 2. The maximum Gasteiger partial charge on any atom is 0.325 e. The normalized spacial score (nSPS) is 9.95. The Balaban J connectivity index is 0.00000324. The molecule has 0 aliphatic rings. The van der Waals surface area contributed by atoms with Gasteiger partial charge in [0, 0.05) is 27.2 Å². The smallest absolute Gasteiger partial charge is 0.325 e. The molecular weight excluding hydrogens is 266 g/mol. The average molecular weight is 288 g/mol. The molecule has 2 N–H and O–H groups in total. The molecule has 19 heavy (non-hydrogen) atoms. The lowest BCUT2D eigenvalue weighted by Crippen LogP contribution is -2.43. The van der Waals surface area contributed by atoms with Crippen molar-refractivity contribution < 1.29 is 4.79 Å². The molecule has 6 nitrogen and oxygen atoms in total. The van der Waals surface area contributed by atoms with Crippen LogP contribution in [-0.4, -0.2) is 62.1 Å². The largest absolute Gasteiger partial charge is 0.384 e. The van der Waals surface area contributed by atoms with E-state index >= 15 is 0 Å². The van der Waals surface area contributed by atoms with E-state index < -0.39 is 0 Å². The zero-order valence-corrected chi connectivity index (χ0v) is 12.6. The molecule has 1 heterocycles. The van der Waals surface area contributed by atoms with E-state index in [4.69, 9.17) is 5.73 Å². The number of urea groups is 1. The second-order valence-corrected chi connectivity index (χ2v) is 4.55. The van der Waals surface area contributed by atoms with Crippen molar-refractivity contribution in [1.82, 2.24) is 14.8 Å². The van der Waals surface area contributed by atoms with E-state index in [0.29, 0.717) is 18.2 Å². The van der Waals surface area contributed by atoms with Crippen LogP contribution >= 0.6 is 12.4 Å². The molecule has 0 unspecified atom stereocenters. The summed E-state index contributed by atoms with van der Waals surface area (Å²) in [5.74, 6) is 0.990. The third-order valence-electron chi connectivity index (χ3n) is 2.42. The van der Waals surface area contributed by atoms with Crippen LogP contribution in [0.1, 0.15) is 0 Å². The number of carbonyl (C=O) groups excluding carboxylic acids is 1. The fraction of sp³-hybridized carbons (Fsp3) is 0.500. The topological polar surface area (TPSA) is 65.7 Å². The van der Waals surface area contributed by atoms with Crippen LogP contribution in [-0.2, 0) is 0 Å². The molecule has 0 aliphatic heterocycles. The third kappa shape index (κ3) is 5.32. The molecule has 0 saturated heterocycles. The van der Waals surface area contributed by atoms with Gasteiger partial charge >= 0.3 is 6.03 Å². The quantitative estimate of drug-likeness (QED) is 0.902. The summed E-state index contributed by atoms with van der Waals surface area (Å²) in [6.07, 6.45) is 0. The molecule has 0 aliphatic carbocycles. The fourth-order valence-corrected chi connectivity index (χ4v) is 1.44. The van der Waals surface area contributed by atoms with Gasteiger partial charge in [-0.25, -0.2) is 9.78 Å². The number of rotatable bonds is 4. The van der Waals surface area contributed by atoms with Crippen LogP contribution in [0, 0.1) is 0 Å². The lowest BCUT2D eigenvalue weighted by Gasteiger charge is -2.26. The predicted octanol–water partition coefficient (Wildman–Crippen LogP) is 1.14. The van der Waals surface area contributed by atoms with Crippen LogP contribution in [0.4, 0.5) is 16.4 Å². The van der Waals surface area contributed by atoms with Gasteiger partial charge in [0.15, 0.2) is 0 Å². The van der Waals surface area contributed by atoms with E-state index in [0.717, 1.165) is 6.54 Å². The molecule has 108 valence electrons. The summed E-state index contributed by atoms with van der Waals surface area (Å²) in [6, 6.07) is 5.18. The van der Waals surface area contributed by atoms with Gasteiger partial charge in [0.2, 0.25) is 0 Å². The van der Waals surface area contributed by atoms with Crippen molar-refractivity contribution in [2.24, 2.45) is 0 Å². The highest BCUT2D eigenvalue weighted by Crippen LogP contribution is 2.13. The zero-order valence-electron chi connectivity index (χ0n) is 11.8. The molecule has 1 aromatic heterocycles. The van der Waals surface area contributed by atoms with E-state index in [1.807, 2.05) is 19.0 Å². The number of aromatic nitrogens is 1. The molecule has 1 aromatic rings. The van der Waals surface area contributed by atoms with Gasteiger partial charge in [-0.15, -0.1) is 12.4 Å². The second kappa shape index (κ2) is 7.81. The third-order valence-corrected chi connectivity index (χ3v) is 2.42. The monoisotopic (exact) mass is 287 g/mol. The SMILES string of the molecule is CN(C)CCN(C(=O)N(C)C)c1cccc(N)n1.Cl. The highest BCUT2D eigenvalue weighted by atomic mass is 35.5. The second-order valence-electron chi connectivity index (χ2n) is 4.55. The van der Waals surface area contributed by atoms with Crippen LogP contribution < -0.4 is 10.6 Å². The van der Waals surface area contributed by atoms with Crippen molar-refractivity contribution in [1.29, 1.82) is 0 Å². The van der Waals surface area contributed by atoms with E-state index in [2.05, 4.69) is 4.98 Å². The summed E-state index contributed by atoms with van der Waals surface area (Å²) in [7, 11) is 7.37. The Morgan fingerprint density at radius 1 is 1.21 bits per heavy atom. The van der Waals surface area contributed by atoms with Crippen LogP contribution in [0.25, 0.3) is 0 Å². The first-order valence-corrected chi connectivity index (χ1v) is 5.78. The number of carbonyl (C=O) groups is 1. The van der Waals surface area contributed by atoms with Crippen LogP contribution in [0.3, 0.4) is 0 Å². The number of nitrogens with two attached hydrogens (primary N) is 1. The van der Waals surface area contributed by atoms with Gasteiger partial charge in [0.05, 0.1) is 0 Å². The Labute approximate surface area is 120 Å². The number of hydrogen-bond donors (Lipinski definition) is 1. The molecule has 0 saturated carbocycles. The Morgan fingerprint density at radius 3 is 2.32 bits per heavy atom. The number of nitrogen functional groups attached to an aromatic ring is 1. The molecule has 0 bridgehead atoms. The van der Waals surface area contributed by atoms with Gasteiger partial charge in [-0.05, 0) is 26.2 Å². The summed E-state index contributed by atoms with van der Waals surface area (Å²) in [6.45, 7) is 1.33. The summed E-state index contributed by atoms with van der Waals surface area (Å²) >= 11 is 0. The minimum Gasteiger partial charge on any atom is -0.384 e. The van der Waals surface area contributed by atoms with Gasteiger partial charge < -0.3 is 15.5 Å². The fourth-order valence-electron chi connectivity index (χ4n) is 1.44. The first-order valence-electron chi connectivity index (χ1n) is 5.78. The predicted molar refractivity (Wildman–Crippen MR) is 80.9 cm³/mol. The Morgan fingerprint density at radius 2 is 1.84 bits per heavy atom. The lowest BCUT2D eigenvalue weighted by atomic mass is 10.4. The number of halogens is 1. The van der Waals surface area contributed by atoms with Crippen LogP contribution in [0.5, 0.6) is 0 Å². The van der Waals surface area contributed by atoms with Crippen molar-refractivity contribution in [2.75, 3.05) is 51.9 Å². The van der Waals surface area contributed by atoms with E-state index in [-0.39, 0.29) is 18.4 Å². The minimum absolute atomic E-state index is 0. The maximum atomic E-state index is 12.1. The van der Waals surface area contributed by atoms with E-state index in [1.165, 1.54) is 4.90 Å². The van der Waals surface area contributed by atoms with Crippen LogP contribution in [0.2, 0.25) is 0 Å². The van der Waals surface area contributed by atoms with Crippen molar-refractivity contribution in [3.8, 4) is 0 Å². The lowest BCUT2D eigenvalue weighted by molar-refractivity contribution is 0.222. The summed E-state index contributed by atoms with van der Waals surface area (Å²) in [4.78, 5) is 21.5. The molecule has 2 amide bonds. The number of hydrogen-bond acceptors (Lipinski definition) is 4. The molecule has 0 radical (unpaired) electrons. The van der Waals surface area contributed by atoms with Crippen molar-refractivity contribution in [2.45, 2.75) is 0 Å². The zero-order chi connectivity index (χ0) is 13.7. The van der Waals surface area contributed by atoms with Crippen LogP contribution in [0.15, 0.2) is 18.2 Å². The summed E-state index contributed by atoms with van der Waals surface area (Å²) < 4.78 is 0. The van der Waals surface area contributed by atoms with Gasteiger partial charge in [-0.1, -0.05) is 6.07 Å². The number of pyridine rings is 1. The minimum atomic E-state index is -0.102. The van der Waals surface area contributed by atoms with E-state index in [9.17, 15) is 4.79 Å². The Kier molecular flexibility index (Phi) is 7.18. The van der Waals surface area contributed by atoms with Gasteiger partial charge in [0.25, 0.3) is 0 Å². The molecule has 0 atom stereocenters. The molecule has 1 rings (SSSR count). The van der Waals surface area contributed by atoms with Crippen molar-refractivity contribution in [3.63, 3.8) is 0 Å². The first kappa shape index (κ1) is 17.5. The maximum absolute atomic E-state index is 12.1. The number of likely N-dealkylation sites (N-methyl/N-ethyl adjacent to an activating group) is 1. The van der Waals surface area contributed by atoms with Gasteiger partial charge in [-0.3, -0.25) is 4.90 Å². The standard InChI is InChI=1S/C12H21N5O.ClH/c1-15(2)8-9-17(12(18)16(3)4)11-7-5-6-10(13)14-11;/h5-7H,8-9H2,1-4H3,(H2,13,14);1H. The molecule has 7 heteroatoms. The Hall–Kier alpha value is -1.53. The summed E-state index contributed by atoms with van der Waals surface area (Å²) in [5.41, 5.74) is 5.66. The van der Waals surface area contributed by atoms with Gasteiger partial charge in [-0.2, -0.15) is 0 Å². The molecule has 0 aromatic carbocycles. The molecule has 0 fully saturated rings. The number of nitrogens with zero attached hydrogens (tertiary/aromatic N) is 4. The average Bonchev–Trinajstić information content (AvgIpc) is 2.28. The highest BCUT2D eigenvalue weighted by Gasteiger charge is 2.18. The van der Waals surface area contributed by atoms with Crippen molar-refractivity contribution >= 4 is 30.1 Å².